The molecule has 14 heavy (non-hydrogen) atoms. The van der Waals surface area contributed by atoms with Crippen LogP contribution >= 0.6 is 0 Å². The zero-order valence-electron chi connectivity index (χ0n) is 7.94. The van der Waals surface area contributed by atoms with Gasteiger partial charge in [-0.2, -0.15) is 0 Å². The van der Waals surface area contributed by atoms with E-state index in [0.717, 1.165) is 5.69 Å². The molecule has 0 fully saturated rings. The SMILES string of the molecule is C=CCC(N)C(=O)Nc1ccccc1. The van der Waals surface area contributed by atoms with E-state index in [1.807, 2.05) is 30.3 Å². The van der Waals surface area contributed by atoms with E-state index in [1.165, 1.54) is 0 Å². The quantitative estimate of drug-likeness (QED) is 0.707. The third kappa shape index (κ3) is 3.03. The predicted octanol–water partition coefficient (Wildman–Crippen LogP) is 1.53. The van der Waals surface area contributed by atoms with E-state index in [1.54, 1.807) is 6.08 Å². The second-order valence-corrected chi connectivity index (χ2v) is 2.99. The van der Waals surface area contributed by atoms with E-state index in [-0.39, 0.29) is 5.91 Å². The molecule has 1 aromatic carbocycles. The van der Waals surface area contributed by atoms with Gasteiger partial charge in [0.15, 0.2) is 0 Å². The molecule has 0 aliphatic heterocycles. The molecule has 0 aliphatic rings. The zero-order chi connectivity index (χ0) is 10.4. The highest BCUT2D eigenvalue weighted by molar-refractivity contribution is 5.94. The number of rotatable bonds is 4. The van der Waals surface area contributed by atoms with Crippen LogP contribution in [0.25, 0.3) is 0 Å². The summed E-state index contributed by atoms with van der Waals surface area (Å²) in [4.78, 5) is 11.4. The minimum atomic E-state index is -0.521. The average molecular weight is 190 g/mol. The fraction of sp³-hybridized carbons (Fsp3) is 0.182. The molecular formula is C11H14N2O. The standard InChI is InChI=1S/C11H14N2O/c1-2-6-10(12)11(14)13-9-7-4-3-5-8-9/h2-5,7-8,10H,1,6,12H2,(H,13,14). The highest BCUT2D eigenvalue weighted by Gasteiger charge is 2.10. The van der Waals surface area contributed by atoms with Gasteiger partial charge >= 0.3 is 0 Å². The van der Waals surface area contributed by atoms with Crippen molar-refractivity contribution in [1.82, 2.24) is 0 Å². The number of nitrogens with two attached hydrogens (primary N) is 1. The van der Waals surface area contributed by atoms with E-state index >= 15 is 0 Å². The molecule has 0 saturated heterocycles. The zero-order valence-corrected chi connectivity index (χ0v) is 7.94. The lowest BCUT2D eigenvalue weighted by Gasteiger charge is -2.09. The maximum Gasteiger partial charge on any atom is 0.241 e. The topological polar surface area (TPSA) is 55.1 Å². The third-order valence-electron chi connectivity index (χ3n) is 1.80. The summed E-state index contributed by atoms with van der Waals surface area (Å²) < 4.78 is 0. The molecule has 1 unspecified atom stereocenters. The molecule has 0 aliphatic carbocycles. The van der Waals surface area contributed by atoms with E-state index in [9.17, 15) is 4.79 Å². The first kappa shape index (κ1) is 10.5. The van der Waals surface area contributed by atoms with Gasteiger partial charge in [-0.3, -0.25) is 4.79 Å². The van der Waals surface area contributed by atoms with Crippen molar-refractivity contribution in [3.05, 3.63) is 43.0 Å². The molecule has 1 atom stereocenters. The fourth-order valence-corrected chi connectivity index (χ4v) is 1.04. The Morgan fingerprint density at radius 3 is 2.71 bits per heavy atom. The van der Waals surface area contributed by atoms with Gasteiger partial charge in [-0.15, -0.1) is 6.58 Å². The van der Waals surface area contributed by atoms with Crippen LogP contribution in [0.4, 0.5) is 5.69 Å². The van der Waals surface area contributed by atoms with Crippen LogP contribution < -0.4 is 11.1 Å². The van der Waals surface area contributed by atoms with E-state index in [2.05, 4.69) is 11.9 Å². The molecule has 1 amide bonds. The number of nitrogens with one attached hydrogen (secondary N) is 1. The molecule has 3 nitrogen and oxygen atoms in total. The second-order valence-electron chi connectivity index (χ2n) is 2.99. The molecule has 74 valence electrons. The van der Waals surface area contributed by atoms with Crippen LogP contribution in [0.1, 0.15) is 6.42 Å². The Labute approximate surface area is 83.6 Å². The van der Waals surface area contributed by atoms with Crippen LogP contribution in [0, 0.1) is 0 Å². The molecule has 0 saturated carbocycles. The molecule has 1 rings (SSSR count). The van der Waals surface area contributed by atoms with Gasteiger partial charge in [0.05, 0.1) is 6.04 Å². The summed E-state index contributed by atoms with van der Waals surface area (Å²) in [5.41, 5.74) is 6.35. The number of carbonyl (C=O) groups is 1. The van der Waals surface area contributed by atoms with Crippen molar-refractivity contribution in [2.75, 3.05) is 5.32 Å². The van der Waals surface area contributed by atoms with Gasteiger partial charge in [0.2, 0.25) is 5.91 Å². The van der Waals surface area contributed by atoms with Crippen molar-refractivity contribution in [3.8, 4) is 0 Å². The maximum absolute atomic E-state index is 11.4. The summed E-state index contributed by atoms with van der Waals surface area (Å²) in [5.74, 6) is -0.184. The first-order chi connectivity index (χ1) is 6.74. The monoisotopic (exact) mass is 190 g/mol. The molecule has 0 spiro atoms. The summed E-state index contributed by atoms with van der Waals surface area (Å²) in [6.07, 6.45) is 2.12. The summed E-state index contributed by atoms with van der Waals surface area (Å²) in [6.45, 7) is 3.53. The lowest BCUT2D eigenvalue weighted by molar-refractivity contribution is -0.117. The number of benzene rings is 1. The predicted molar refractivity (Wildman–Crippen MR) is 57.9 cm³/mol. The Balaban J connectivity index is 2.53. The highest BCUT2D eigenvalue weighted by atomic mass is 16.2. The Bertz CT molecular complexity index is 308. The average Bonchev–Trinajstić information content (AvgIpc) is 2.19. The molecular weight excluding hydrogens is 176 g/mol. The smallest absolute Gasteiger partial charge is 0.241 e. The summed E-state index contributed by atoms with van der Waals surface area (Å²) >= 11 is 0. The minimum Gasteiger partial charge on any atom is -0.325 e. The van der Waals surface area contributed by atoms with Gasteiger partial charge in [0, 0.05) is 5.69 Å². The van der Waals surface area contributed by atoms with Crippen molar-refractivity contribution in [1.29, 1.82) is 0 Å². The number of para-hydroxylation sites is 1. The Hall–Kier alpha value is -1.61. The van der Waals surface area contributed by atoms with Crippen molar-refractivity contribution in [2.45, 2.75) is 12.5 Å². The van der Waals surface area contributed by atoms with E-state index < -0.39 is 6.04 Å². The minimum absolute atomic E-state index is 0.184. The summed E-state index contributed by atoms with van der Waals surface area (Å²) in [7, 11) is 0. The number of hydrogen-bond donors (Lipinski definition) is 2. The van der Waals surface area contributed by atoms with E-state index in [0.29, 0.717) is 6.42 Å². The lowest BCUT2D eigenvalue weighted by atomic mass is 10.2. The molecule has 0 bridgehead atoms. The maximum atomic E-state index is 11.4. The fourth-order valence-electron chi connectivity index (χ4n) is 1.04. The molecule has 0 heterocycles. The van der Waals surface area contributed by atoms with Gasteiger partial charge in [0.1, 0.15) is 0 Å². The Morgan fingerprint density at radius 2 is 2.14 bits per heavy atom. The lowest BCUT2D eigenvalue weighted by Crippen LogP contribution is -2.34. The van der Waals surface area contributed by atoms with Crippen LogP contribution in [0.3, 0.4) is 0 Å². The molecule has 0 radical (unpaired) electrons. The van der Waals surface area contributed by atoms with Crippen LogP contribution in [-0.2, 0) is 4.79 Å². The van der Waals surface area contributed by atoms with E-state index in [4.69, 9.17) is 5.73 Å². The van der Waals surface area contributed by atoms with Crippen molar-refractivity contribution in [3.63, 3.8) is 0 Å². The molecule has 1 aromatic rings. The van der Waals surface area contributed by atoms with Crippen LogP contribution in [0.5, 0.6) is 0 Å². The van der Waals surface area contributed by atoms with Gasteiger partial charge in [0.25, 0.3) is 0 Å². The van der Waals surface area contributed by atoms with Gasteiger partial charge < -0.3 is 11.1 Å². The largest absolute Gasteiger partial charge is 0.325 e. The molecule has 0 aromatic heterocycles. The van der Waals surface area contributed by atoms with Gasteiger partial charge in [-0.1, -0.05) is 24.3 Å². The Kier molecular flexibility index (Phi) is 3.88. The summed E-state index contributed by atoms with van der Waals surface area (Å²) in [6, 6.07) is 8.72. The highest BCUT2D eigenvalue weighted by Crippen LogP contribution is 2.05. The molecule has 3 heteroatoms. The van der Waals surface area contributed by atoms with Gasteiger partial charge in [-0.05, 0) is 18.6 Å². The van der Waals surface area contributed by atoms with Crippen molar-refractivity contribution in [2.24, 2.45) is 5.73 Å². The van der Waals surface area contributed by atoms with Crippen LogP contribution in [0.2, 0.25) is 0 Å². The number of amides is 1. The number of carbonyl (C=O) groups excluding carboxylic acids is 1. The number of hydrogen-bond acceptors (Lipinski definition) is 2. The van der Waals surface area contributed by atoms with Crippen molar-refractivity contribution >= 4 is 11.6 Å². The number of anilines is 1. The first-order valence-electron chi connectivity index (χ1n) is 4.46. The van der Waals surface area contributed by atoms with Gasteiger partial charge in [-0.25, -0.2) is 0 Å². The van der Waals surface area contributed by atoms with Crippen LogP contribution in [-0.4, -0.2) is 11.9 Å². The van der Waals surface area contributed by atoms with Crippen molar-refractivity contribution < 1.29 is 4.79 Å². The normalized spacial score (nSPS) is 11.8. The van der Waals surface area contributed by atoms with Crippen LogP contribution in [0.15, 0.2) is 43.0 Å². The molecule has 3 N–H and O–H groups in total. The third-order valence-corrected chi connectivity index (χ3v) is 1.80. The first-order valence-corrected chi connectivity index (χ1v) is 4.46. The Morgan fingerprint density at radius 1 is 1.50 bits per heavy atom. The second kappa shape index (κ2) is 5.19. The summed E-state index contributed by atoms with van der Waals surface area (Å²) in [5, 5.41) is 2.71.